The maximum Gasteiger partial charge on any atom is 0.249 e. The first-order valence-corrected chi connectivity index (χ1v) is 7.64. The van der Waals surface area contributed by atoms with Crippen molar-refractivity contribution in [2.75, 3.05) is 36.4 Å². The summed E-state index contributed by atoms with van der Waals surface area (Å²) in [4.78, 5) is 19.2. The zero-order valence-corrected chi connectivity index (χ0v) is 13.4. The Morgan fingerprint density at radius 3 is 2.61 bits per heavy atom. The van der Waals surface area contributed by atoms with E-state index in [1.165, 1.54) is 11.1 Å². The molecule has 0 atom stereocenters. The zero-order valence-electron chi connectivity index (χ0n) is 13.4. The maximum absolute atomic E-state index is 10.8. The average Bonchev–Trinajstić information content (AvgIpc) is 2.58. The number of nitrogens with zero attached hydrogens (tertiary/aromatic N) is 5. The van der Waals surface area contributed by atoms with Crippen molar-refractivity contribution in [3.05, 3.63) is 35.5 Å². The quantitative estimate of drug-likeness (QED) is 0.863. The van der Waals surface area contributed by atoms with Gasteiger partial charge in [-0.25, -0.2) is 0 Å². The molecule has 1 saturated heterocycles. The molecule has 0 aliphatic carbocycles. The van der Waals surface area contributed by atoms with Crippen LogP contribution in [0.15, 0.2) is 24.4 Å². The van der Waals surface area contributed by atoms with Gasteiger partial charge in [-0.15, -0.1) is 5.10 Å². The number of anilines is 3. The molecule has 2 aromatic rings. The highest BCUT2D eigenvalue weighted by atomic mass is 16.1. The molecule has 1 aromatic heterocycles. The molecule has 0 spiro atoms. The summed E-state index contributed by atoms with van der Waals surface area (Å²) in [5.74, 6) is 1.25. The summed E-state index contributed by atoms with van der Waals surface area (Å²) >= 11 is 0. The van der Waals surface area contributed by atoms with Crippen LogP contribution in [0, 0.1) is 13.8 Å². The summed E-state index contributed by atoms with van der Waals surface area (Å²) in [6.07, 6.45) is 2.55. The Labute approximate surface area is 135 Å². The first-order valence-electron chi connectivity index (χ1n) is 7.64. The zero-order chi connectivity index (χ0) is 16.2. The van der Waals surface area contributed by atoms with Crippen LogP contribution in [0.3, 0.4) is 0 Å². The lowest BCUT2D eigenvalue weighted by atomic mass is 10.1. The molecule has 3 rings (SSSR count). The molecule has 1 aliphatic heterocycles. The summed E-state index contributed by atoms with van der Waals surface area (Å²) in [5.41, 5.74) is 3.40. The SMILES string of the molecule is Cc1ccc(Nc2nncc(N3CCN(C=O)CC3)n2)cc1C. The molecule has 23 heavy (non-hydrogen) atoms. The second-order valence-electron chi connectivity index (χ2n) is 5.69. The number of piperazine rings is 1. The van der Waals surface area contributed by atoms with Crippen molar-refractivity contribution < 1.29 is 4.79 Å². The highest BCUT2D eigenvalue weighted by Gasteiger charge is 2.17. The van der Waals surface area contributed by atoms with Gasteiger partial charge in [0.25, 0.3) is 0 Å². The Morgan fingerprint density at radius 1 is 1.13 bits per heavy atom. The minimum absolute atomic E-state index is 0.476. The number of aromatic nitrogens is 3. The summed E-state index contributed by atoms with van der Waals surface area (Å²) in [6, 6.07) is 6.13. The van der Waals surface area contributed by atoms with Gasteiger partial charge in [-0.05, 0) is 37.1 Å². The van der Waals surface area contributed by atoms with Crippen molar-refractivity contribution in [2.45, 2.75) is 13.8 Å². The molecule has 1 aromatic carbocycles. The maximum atomic E-state index is 10.8. The van der Waals surface area contributed by atoms with E-state index in [4.69, 9.17) is 0 Å². The third kappa shape index (κ3) is 3.56. The Hall–Kier alpha value is -2.70. The first-order chi connectivity index (χ1) is 11.2. The van der Waals surface area contributed by atoms with E-state index in [1.54, 1.807) is 11.1 Å². The van der Waals surface area contributed by atoms with Gasteiger partial charge in [-0.2, -0.15) is 10.1 Å². The predicted molar refractivity (Wildman–Crippen MR) is 88.9 cm³/mol. The van der Waals surface area contributed by atoms with Crippen molar-refractivity contribution in [1.82, 2.24) is 20.1 Å². The lowest BCUT2D eigenvalue weighted by molar-refractivity contribution is -0.118. The number of hydrogen-bond acceptors (Lipinski definition) is 6. The van der Waals surface area contributed by atoms with Crippen LogP contribution in [0.5, 0.6) is 0 Å². The van der Waals surface area contributed by atoms with Gasteiger partial charge in [0.05, 0.1) is 6.20 Å². The van der Waals surface area contributed by atoms with E-state index in [1.807, 2.05) is 6.07 Å². The molecule has 0 unspecified atom stereocenters. The third-order valence-electron chi connectivity index (χ3n) is 4.10. The predicted octanol–water partition coefficient (Wildman–Crippen LogP) is 1.51. The third-order valence-corrected chi connectivity index (χ3v) is 4.10. The van der Waals surface area contributed by atoms with Crippen LogP contribution >= 0.6 is 0 Å². The number of carbonyl (C=O) groups excluding carboxylic acids is 1. The Kier molecular flexibility index (Phi) is 4.36. The molecule has 0 radical (unpaired) electrons. The fourth-order valence-corrected chi connectivity index (χ4v) is 2.50. The Morgan fingerprint density at radius 2 is 1.91 bits per heavy atom. The number of benzene rings is 1. The minimum atomic E-state index is 0.476. The molecule has 1 fully saturated rings. The number of aryl methyl sites for hydroxylation is 2. The standard InChI is InChI=1S/C16H20N6O/c1-12-3-4-14(9-13(12)2)18-16-19-15(10-17-20-16)22-7-5-21(11-23)6-8-22/h3-4,9-11H,5-8H2,1-2H3,(H,18,19,20). The summed E-state index contributed by atoms with van der Waals surface area (Å²) in [5, 5.41) is 11.3. The van der Waals surface area contributed by atoms with E-state index < -0.39 is 0 Å². The normalized spacial score (nSPS) is 14.7. The van der Waals surface area contributed by atoms with Crippen LogP contribution in [0.1, 0.15) is 11.1 Å². The number of nitrogens with one attached hydrogen (secondary N) is 1. The van der Waals surface area contributed by atoms with Crippen LogP contribution in [0.4, 0.5) is 17.5 Å². The molecule has 7 heteroatoms. The van der Waals surface area contributed by atoms with E-state index in [-0.39, 0.29) is 0 Å². The van der Waals surface area contributed by atoms with Crippen molar-refractivity contribution in [3.63, 3.8) is 0 Å². The number of rotatable bonds is 4. The molecule has 1 amide bonds. The lowest BCUT2D eigenvalue weighted by Gasteiger charge is -2.33. The van der Waals surface area contributed by atoms with Gasteiger partial charge in [0.2, 0.25) is 12.4 Å². The van der Waals surface area contributed by atoms with Gasteiger partial charge in [0.15, 0.2) is 5.82 Å². The van der Waals surface area contributed by atoms with Crippen LogP contribution in [0.25, 0.3) is 0 Å². The highest BCUT2D eigenvalue weighted by molar-refractivity contribution is 5.56. The van der Waals surface area contributed by atoms with Crippen molar-refractivity contribution in [1.29, 1.82) is 0 Å². The average molecular weight is 312 g/mol. The summed E-state index contributed by atoms with van der Waals surface area (Å²) in [6.45, 7) is 7.06. The van der Waals surface area contributed by atoms with Crippen LogP contribution in [-0.4, -0.2) is 52.7 Å². The molecule has 120 valence electrons. The van der Waals surface area contributed by atoms with E-state index in [2.05, 4.69) is 51.4 Å². The molecule has 0 bridgehead atoms. The topological polar surface area (TPSA) is 74.2 Å². The largest absolute Gasteiger partial charge is 0.352 e. The monoisotopic (exact) mass is 312 g/mol. The lowest BCUT2D eigenvalue weighted by Crippen LogP contribution is -2.46. The van der Waals surface area contributed by atoms with Gasteiger partial charge < -0.3 is 15.1 Å². The molecule has 1 N–H and O–H groups in total. The number of carbonyl (C=O) groups is 1. The Bertz CT molecular complexity index is 697. The van der Waals surface area contributed by atoms with E-state index in [0.29, 0.717) is 19.0 Å². The van der Waals surface area contributed by atoms with Gasteiger partial charge in [-0.1, -0.05) is 6.07 Å². The van der Waals surface area contributed by atoms with E-state index in [9.17, 15) is 4.79 Å². The molecule has 1 aliphatic rings. The first kappa shape index (κ1) is 15.2. The molecule has 0 saturated carbocycles. The van der Waals surface area contributed by atoms with Crippen molar-refractivity contribution in [3.8, 4) is 0 Å². The molecule has 7 nitrogen and oxygen atoms in total. The van der Waals surface area contributed by atoms with Gasteiger partial charge >= 0.3 is 0 Å². The number of hydrogen-bond donors (Lipinski definition) is 1. The highest BCUT2D eigenvalue weighted by Crippen LogP contribution is 2.19. The number of amides is 1. The molecular weight excluding hydrogens is 292 g/mol. The Balaban J connectivity index is 1.72. The summed E-state index contributed by atoms with van der Waals surface area (Å²) in [7, 11) is 0. The fraction of sp³-hybridized carbons (Fsp3) is 0.375. The second-order valence-corrected chi connectivity index (χ2v) is 5.69. The van der Waals surface area contributed by atoms with Crippen LogP contribution in [-0.2, 0) is 4.79 Å². The minimum Gasteiger partial charge on any atom is -0.352 e. The van der Waals surface area contributed by atoms with E-state index in [0.717, 1.165) is 31.0 Å². The van der Waals surface area contributed by atoms with Crippen LogP contribution in [0.2, 0.25) is 0 Å². The van der Waals surface area contributed by atoms with Gasteiger partial charge in [-0.3, -0.25) is 4.79 Å². The van der Waals surface area contributed by atoms with Crippen molar-refractivity contribution >= 4 is 23.9 Å². The fourth-order valence-electron chi connectivity index (χ4n) is 2.50. The smallest absolute Gasteiger partial charge is 0.249 e. The molecule has 2 heterocycles. The summed E-state index contributed by atoms with van der Waals surface area (Å²) < 4.78 is 0. The molecular formula is C16H20N6O. The van der Waals surface area contributed by atoms with Gasteiger partial charge in [0, 0.05) is 31.9 Å². The van der Waals surface area contributed by atoms with Gasteiger partial charge in [0.1, 0.15) is 0 Å². The van der Waals surface area contributed by atoms with E-state index >= 15 is 0 Å². The van der Waals surface area contributed by atoms with Crippen molar-refractivity contribution in [2.24, 2.45) is 0 Å². The second kappa shape index (κ2) is 6.60. The van der Waals surface area contributed by atoms with Crippen LogP contribution < -0.4 is 10.2 Å².